The molecule has 5 nitrogen and oxygen atoms in total. The maximum atomic E-state index is 10.7. The van der Waals surface area contributed by atoms with Gasteiger partial charge in [0.15, 0.2) is 0 Å². The summed E-state index contributed by atoms with van der Waals surface area (Å²) in [4.78, 5) is 21.3. The molecule has 0 saturated carbocycles. The number of carboxylic acid groups (broad SMARTS) is 1. The Morgan fingerprint density at radius 2 is 2.00 bits per heavy atom. The fraction of sp³-hybridized carbons (Fsp3) is 0.500. The zero-order valence-electron chi connectivity index (χ0n) is 7.70. The fourth-order valence-corrected chi connectivity index (χ4v) is 0.713. The average molecular weight is 186 g/mol. The van der Waals surface area contributed by atoms with E-state index in [0.717, 1.165) is 6.08 Å². The average Bonchev–Trinajstić information content (AvgIpc) is 2.03. The SMILES string of the molecule is C=CC(=O)NN[C@H](C(=O)O)C(C)C. The zero-order valence-corrected chi connectivity index (χ0v) is 7.70. The molecule has 0 spiro atoms. The summed E-state index contributed by atoms with van der Waals surface area (Å²) in [5.74, 6) is -1.56. The number of hydrazine groups is 1. The summed E-state index contributed by atoms with van der Waals surface area (Å²) in [5, 5.41) is 8.69. The molecule has 0 aromatic rings. The second-order valence-electron chi connectivity index (χ2n) is 2.90. The van der Waals surface area contributed by atoms with Gasteiger partial charge in [-0.1, -0.05) is 20.4 Å². The zero-order chi connectivity index (χ0) is 10.4. The van der Waals surface area contributed by atoms with Crippen molar-refractivity contribution in [2.75, 3.05) is 0 Å². The van der Waals surface area contributed by atoms with Crippen LogP contribution in [0.25, 0.3) is 0 Å². The molecule has 0 radical (unpaired) electrons. The minimum atomic E-state index is -1.00. The number of carbonyl (C=O) groups is 2. The molecule has 3 N–H and O–H groups in total. The van der Waals surface area contributed by atoms with Crippen molar-refractivity contribution >= 4 is 11.9 Å². The number of nitrogens with one attached hydrogen (secondary N) is 2. The Morgan fingerprint density at radius 3 is 2.31 bits per heavy atom. The normalized spacial score (nSPS) is 12.2. The molecule has 0 heterocycles. The Hall–Kier alpha value is -1.36. The summed E-state index contributed by atoms with van der Waals surface area (Å²) < 4.78 is 0. The van der Waals surface area contributed by atoms with Gasteiger partial charge in [-0.15, -0.1) is 0 Å². The molecule has 13 heavy (non-hydrogen) atoms. The quantitative estimate of drug-likeness (QED) is 0.414. The first-order valence-corrected chi connectivity index (χ1v) is 3.89. The highest BCUT2D eigenvalue weighted by molar-refractivity contribution is 5.86. The second-order valence-corrected chi connectivity index (χ2v) is 2.90. The molecule has 1 atom stereocenters. The van der Waals surface area contributed by atoms with Crippen molar-refractivity contribution in [2.24, 2.45) is 5.92 Å². The number of hydrogen-bond acceptors (Lipinski definition) is 3. The van der Waals surface area contributed by atoms with Gasteiger partial charge in [-0.25, -0.2) is 5.43 Å². The van der Waals surface area contributed by atoms with Crippen molar-refractivity contribution in [1.82, 2.24) is 10.9 Å². The molecule has 0 aliphatic rings. The van der Waals surface area contributed by atoms with E-state index in [1.165, 1.54) is 0 Å². The maximum Gasteiger partial charge on any atom is 0.322 e. The van der Waals surface area contributed by atoms with E-state index in [0.29, 0.717) is 0 Å². The van der Waals surface area contributed by atoms with E-state index in [4.69, 9.17) is 5.11 Å². The third kappa shape index (κ3) is 4.27. The van der Waals surface area contributed by atoms with Crippen molar-refractivity contribution in [3.63, 3.8) is 0 Å². The molecule has 0 aliphatic carbocycles. The highest BCUT2D eigenvalue weighted by Gasteiger charge is 2.20. The minimum Gasteiger partial charge on any atom is -0.480 e. The van der Waals surface area contributed by atoms with Crippen LogP contribution in [0.2, 0.25) is 0 Å². The van der Waals surface area contributed by atoms with E-state index in [-0.39, 0.29) is 5.92 Å². The van der Waals surface area contributed by atoms with Gasteiger partial charge < -0.3 is 5.11 Å². The van der Waals surface area contributed by atoms with Crippen LogP contribution in [0.1, 0.15) is 13.8 Å². The second kappa shape index (κ2) is 5.31. The Morgan fingerprint density at radius 1 is 1.46 bits per heavy atom. The van der Waals surface area contributed by atoms with Crippen LogP contribution in [-0.4, -0.2) is 23.0 Å². The van der Waals surface area contributed by atoms with Crippen molar-refractivity contribution < 1.29 is 14.7 Å². The lowest BCUT2D eigenvalue weighted by Crippen LogP contribution is -2.50. The Labute approximate surface area is 76.8 Å². The molecular formula is C8H14N2O3. The molecule has 74 valence electrons. The van der Waals surface area contributed by atoms with E-state index < -0.39 is 17.9 Å². The van der Waals surface area contributed by atoms with E-state index in [2.05, 4.69) is 17.4 Å². The third-order valence-corrected chi connectivity index (χ3v) is 1.47. The largest absolute Gasteiger partial charge is 0.480 e. The summed E-state index contributed by atoms with van der Waals surface area (Å²) in [5.41, 5.74) is 4.61. The third-order valence-electron chi connectivity index (χ3n) is 1.47. The molecule has 1 amide bonds. The van der Waals surface area contributed by atoms with Crippen molar-refractivity contribution in [2.45, 2.75) is 19.9 Å². The standard InChI is InChI=1S/C8H14N2O3/c1-4-6(11)9-10-7(5(2)3)8(12)13/h4-5,7,10H,1H2,2-3H3,(H,9,11)(H,12,13)/t7-/m0/s1. The number of amides is 1. The molecule has 0 rings (SSSR count). The van der Waals surface area contributed by atoms with Crippen LogP contribution in [0.3, 0.4) is 0 Å². The number of carbonyl (C=O) groups excluding carboxylic acids is 1. The highest BCUT2D eigenvalue weighted by Crippen LogP contribution is 1.99. The van der Waals surface area contributed by atoms with Gasteiger partial charge in [-0.05, 0) is 12.0 Å². The van der Waals surface area contributed by atoms with Gasteiger partial charge in [-0.2, -0.15) is 0 Å². The first-order valence-electron chi connectivity index (χ1n) is 3.89. The van der Waals surface area contributed by atoms with Crippen molar-refractivity contribution in [3.8, 4) is 0 Å². The topological polar surface area (TPSA) is 78.4 Å². The van der Waals surface area contributed by atoms with Crippen LogP contribution in [0.4, 0.5) is 0 Å². The minimum absolute atomic E-state index is 0.109. The van der Waals surface area contributed by atoms with Crippen LogP contribution in [0.15, 0.2) is 12.7 Å². The Bertz CT molecular complexity index is 213. The van der Waals surface area contributed by atoms with Gasteiger partial charge in [0.25, 0.3) is 5.91 Å². The summed E-state index contributed by atoms with van der Waals surface area (Å²) >= 11 is 0. The number of hydrogen-bond donors (Lipinski definition) is 3. The highest BCUT2D eigenvalue weighted by atomic mass is 16.4. The van der Waals surface area contributed by atoms with Crippen molar-refractivity contribution in [1.29, 1.82) is 0 Å². The smallest absolute Gasteiger partial charge is 0.322 e. The van der Waals surface area contributed by atoms with Crippen LogP contribution >= 0.6 is 0 Å². The molecular weight excluding hydrogens is 172 g/mol. The maximum absolute atomic E-state index is 10.7. The summed E-state index contributed by atoms with van der Waals surface area (Å²) in [6.07, 6.45) is 1.06. The van der Waals surface area contributed by atoms with Gasteiger partial charge in [0.2, 0.25) is 0 Å². The number of carboxylic acids is 1. The molecule has 5 heteroatoms. The first kappa shape index (κ1) is 11.6. The van der Waals surface area contributed by atoms with Gasteiger partial charge in [0.1, 0.15) is 6.04 Å². The van der Waals surface area contributed by atoms with Crippen molar-refractivity contribution in [3.05, 3.63) is 12.7 Å². The first-order chi connectivity index (χ1) is 5.99. The number of rotatable bonds is 5. The van der Waals surface area contributed by atoms with E-state index >= 15 is 0 Å². The summed E-state index contributed by atoms with van der Waals surface area (Å²) in [6, 6.07) is -0.788. The lowest BCUT2D eigenvalue weighted by atomic mass is 10.1. The van der Waals surface area contributed by atoms with E-state index in [1.807, 2.05) is 0 Å². The van der Waals surface area contributed by atoms with E-state index in [1.54, 1.807) is 13.8 Å². The van der Waals surface area contributed by atoms with Gasteiger partial charge >= 0.3 is 5.97 Å². The summed E-state index contributed by atoms with van der Waals surface area (Å²) in [6.45, 7) is 6.71. The molecule has 0 saturated heterocycles. The van der Waals surface area contributed by atoms with Crippen LogP contribution in [-0.2, 0) is 9.59 Å². The monoisotopic (exact) mass is 186 g/mol. The van der Waals surface area contributed by atoms with Gasteiger partial charge in [0.05, 0.1) is 0 Å². The lowest BCUT2D eigenvalue weighted by Gasteiger charge is -2.17. The van der Waals surface area contributed by atoms with Crippen LogP contribution < -0.4 is 10.9 Å². The molecule has 0 aromatic carbocycles. The van der Waals surface area contributed by atoms with E-state index in [9.17, 15) is 9.59 Å². The molecule has 0 bridgehead atoms. The van der Waals surface area contributed by atoms with Gasteiger partial charge in [0, 0.05) is 0 Å². The molecule has 0 unspecified atom stereocenters. The molecule has 0 aromatic heterocycles. The van der Waals surface area contributed by atoms with Gasteiger partial charge in [-0.3, -0.25) is 15.0 Å². The number of aliphatic carboxylic acids is 1. The molecule has 0 aliphatic heterocycles. The predicted molar refractivity (Wildman–Crippen MR) is 47.7 cm³/mol. The van der Waals surface area contributed by atoms with Crippen LogP contribution in [0.5, 0.6) is 0 Å². The summed E-state index contributed by atoms with van der Waals surface area (Å²) in [7, 11) is 0. The molecule has 0 fully saturated rings. The van der Waals surface area contributed by atoms with Crippen LogP contribution in [0, 0.1) is 5.92 Å². The Kier molecular flexibility index (Phi) is 4.76. The lowest BCUT2D eigenvalue weighted by molar-refractivity contribution is -0.141. The fourth-order valence-electron chi connectivity index (χ4n) is 0.713. The predicted octanol–water partition coefficient (Wildman–Crippen LogP) is -0.0976. The Balaban J connectivity index is 4.04.